The third-order valence-electron chi connectivity index (χ3n) is 1.70. The van der Waals surface area contributed by atoms with Crippen LogP contribution < -0.4 is 0 Å². The van der Waals surface area contributed by atoms with E-state index in [0.29, 0.717) is 0 Å². The Bertz CT molecular complexity index is 238. The van der Waals surface area contributed by atoms with E-state index in [0.717, 1.165) is 25.9 Å². The summed E-state index contributed by atoms with van der Waals surface area (Å²) in [5.41, 5.74) is 6.24. The Labute approximate surface area is 80.4 Å². The average molecular weight is 197 g/mol. The third kappa shape index (κ3) is 4.28. The molecule has 1 N–H and O–H groups in total. The van der Waals surface area contributed by atoms with Crippen molar-refractivity contribution in [1.82, 2.24) is 5.01 Å². The van der Waals surface area contributed by atoms with Gasteiger partial charge in [-0.1, -0.05) is 0 Å². The highest BCUT2D eigenvalue weighted by atomic mass is 15.7. The van der Waals surface area contributed by atoms with Crippen molar-refractivity contribution in [3.8, 4) is 0 Å². The van der Waals surface area contributed by atoms with Crippen LogP contribution in [0.15, 0.2) is 36.6 Å². The monoisotopic (exact) mass is 197 g/mol. The molecule has 1 fully saturated rings. The minimum absolute atomic E-state index is 0.905. The Morgan fingerprint density at radius 1 is 0.786 bits per heavy atom. The zero-order chi connectivity index (χ0) is 10.1. The Balaban J connectivity index is 2.21. The van der Waals surface area contributed by atoms with E-state index in [-0.39, 0.29) is 0 Å². The summed E-state index contributed by atoms with van der Waals surface area (Å²) in [7, 11) is 0. The fraction of sp³-hybridized carbons (Fsp3) is 1.00. The zero-order valence-electron chi connectivity index (χ0n) is 7.61. The lowest BCUT2D eigenvalue weighted by atomic mass is 10.2. The first-order valence-electron chi connectivity index (χ1n) is 4.26. The number of nitrogens with one attached hydrogen (secondary N) is 1. The van der Waals surface area contributed by atoms with E-state index in [2.05, 4.69) is 36.6 Å². The molecule has 0 bridgehead atoms. The van der Waals surface area contributed by atoms with Crippen LogP contribution in [0.3, 0.4) is 0 Å². The van der Waals surface area contributed by atoms with Crippen molar-refractivity contribution in [2.24, 2.45) is 36.6 Å². The molecule has 0 aliphatic carbocycles. The first-order valence-corrected chi connectivity index (χ1v) is 4.26. The zero-order valence-corrected chi connectivity index (χ0v) is 7.61. The summed E-state index contributed by atoms with van der Waals surface area (Å²) >= 11 is 0. The highest BCUT2D eigenvalue weighted by Crippen LogP contribution is 2.08. The third-order valence-corrected chi connectivity index (χ3v) is 1.70. The predicted octanol–water partition coefficient (Wildman–Crippen LogP) is 2.52. The lowest BCUT2D eigenvalue weighted by Gasteiger charge is -2.20. The van der Waals surface area contributed by atoms with E-state index in [9.17, 15) is 0 Å². The van der Waals surface area contributed by atoms with Crippen LogP contribution in [0.5, 0.6) is 0 Å². The second-order valence-electron chi connectivity index (χ2n) is 2.65. The topological polar surface area (TPSA) is 114 Å². The first kappa shape index (κ1) is 10.3. The van der Waals surface area contributed by atoms with Crippen LogP contribution in [0.4, 0.5) is 0 Å². The quantitative estimate of drug-likeness (QED) is 0.541. The van der Waals surface area contributed by atoms with Gasteiger partial charge in [-0.05, 0) is 55.8 Å². The van der Waals surface area contributed by atoms with E-state index in [4.69, 9.17) is 5.53 Å². The minimum atomic E-state index is 0.905. The Hall–Kier alpha value is -1.80. The number of rotatable bonds is 4. The van der Waals surface area contributed by atoms with Crippen LogP contribution >= 0.6 is 0 Å². The lowest BCUT2D eigenvalue weighted by molar-refractivity contribution is 0.220. The maximum absolute atomic E-state index is 6.24. The molecule has 0 saturated carbocycles. The maximum atomic E-state index is 6.24. The molecule has 1 saturated heterocycles. The van der Waals surface area contributed by atoms with Crippen molar-refractivity contribution in [3.05, 3.63) is 0 Å². The van der Waals surface area contributed by atoms with Crippen LogP contribution in [0.2, 0.25) is 0 Å². The Morgan fingerprint density at radius 2 is 1.43 bits per heavy atom. The van der Waals surface area contributed by atoms with Gasteiger partial charge in [0.1, 0.15) is 0 Å². The highest BCUT2D eigenvalue weighted by molar-refractivity contribution is 4.58. The van der Waals surface area contributed by atoms with Gasteiger partial charge in [-0.2, -0.15) is 5.53 Å². The van der Waals surface area contributed by atoms with Crippen molar-refractivity contribution < 1.29 is 0 Å². The number of piperidine rings is 1. The lowest BCUT2D eigenvalue weighted by Crippen LogP contribution is -2.23. The molecule has 0 spiro atoms. The summed E-state index contributed by atoms with van der Waals surface area (Å²) in [6, 6.07) is 0. The molecule has 9 nitrogen and oxygen atoms in total. The van der Waals surface area contributed by atoms with Crippen LogP contribution in [0, 0.1) is 5.53 Å². The second-order valence-corrected chi connectivity index (χ2v) is 2.65. The van der Waals surface area contributed by atoms with Crippen LogP contribution in [-0.4, -0.2) is 18.1 Å². The fourth-order valence-corrected chi connectivity index (χ4v) is 1.11. The Morgan fingerprint density at radius 3 is 2.14 bits per heavy atom. The van der Waals surface area contributed by atoms with E-state index < -0.39 is 0 Å². The van der Waals surface area contributed by atoms with Gasteiger partial charge < -0.3 is 0 Å². The molecule has 0 atom stereocenters. The van der Waals surface area contributed by atoms with Crippen molar-refractivity contribution in [2.45, 2.75) is 19.3 Å². The van der Waals surface area contributed by atoms with Gasteiger partial charge in [0.05, 0.1) is 0 Å². The molecule has 1 aliphatic heterocycles. The summed E-state index contributed by atoms with van der Waals surface area (Å²) in [5.74, 6) is 0. The van der Waals surface area contributed by atoms with Crippen LogP contribution in [-0.2, 0) is 0 Å². The summed E-state index contributed by atoms with van der Waals surface area (Å²) in [4.78, 5) is 0. The molecular weight excluding hydrogens is 186 g/mol. The molecule has 14 heavy (non-hydrogen) atoms. The van der Waals surface area contributed by atoms with Gasteiger partial charge >= 0.3 is 0 Å². The average Bonchev–Trinajstić information content (AvgIpc) is 2.25. The van der Waals surface area contributed by atoms with E-state index in [1.54, 1.807) is 0 Å². The SMILES string of the molecule is N=N/N=N/N=N/N=N/N1CCCCC1. The molecule has 0 aromatic heterocycles. The van der Waals surface area contributed by atoms with Crippen molar-refractivity contribution in [2.75, 3.05) is 13.1 Å². The number of hydrogen-bond donors (Lipinski definition) is 1. The summed E-state index contributed by atoms with van der Waals surface area (Å²) in [6.45, 7) is 1.81. The van der Waals surface area contributed by atoms with Gasteiger partial charge in [0.15, 0.2) is 0 Å². The fourth-order valence-electron chi connectivity index (χ4n) is 1.11. The van der Waals surface area contributed by atoms with Crippen molar-refractivity contribution >= 4 is 0 Å². The standard InChI is InChI=1S/C5H11N9/c6-7-8-9-10-11-12-13-14-4-2-1-3-5-14/h6H,1-5H2/b7-6?,9-8+,11-10+,13-12+. The smallest absolute Gasteiger partial charge is 0.0377 e. The summed E-state index contributed by atoms with van der Waals surface area (Å²) < 4.78 is 0. The van der Waals surface area contributed by atoms with Crippen molar-refractivity contribution in [1.29, 1.82) is 5.53 Å². The van der Waals surface area contributed by atoms with Gasteiger partial charge in [0.25, 0.3) is 0 Å². The van der Waals surface area contributed by atoms with E-state index in [1.165, 1.54) is 6.42 Å². The van der Waals surface area contributed by atoms with Gasteiger partial charge in [-0.25, -0.2) is 0 Å². The molecule has 0 aromatic carbocycles. The number of nitrogens with zero attached hydrogens (tertiary/aromatic N) is 8. The molecule has 0 radical (unpaired) electrons. The van der Waals surface area contributed by atoms with Crippen molar-refractivity contribution in [3.63, 3.8) is 0 Å². The molecule has 0 unspecified atom stereocenters. The van der Waals surface area contributed by atoms with Gasteiger partial charge in [-0.15, -0.1) is 0 Å². The first-order chi connectivity index (χ1) is 6.93. The Kier molecular flexibility index (Phi) is 4.91. The highest BCUT2D eigenvalue weighted by Gasteiger charge is 2.06. The molecule has 76 valence electrons. The van der Waals surface area contributed by atoms with Crippen LogP contribution in [0.1, 0.15) is 19.3 Å². The maximum Gasteiger partial charge on any atom is 0.0377 e. The molecule has 1 aliphatic rings. The molecule has 0 aromatic rings. The number of hydrogen-bond acceptors (Lipinski definition) is 2. The van der Waals surface area contributed by atoms with Gasteiger partial charge in [0.2, 0.25) is 0 Å². The largest absolute Gasteiger partial charge is 0.277 e. The minimum Gasteiger partial charge on any atom is -0.277 e. The molecule has 9 heteroatoms. The molecule has 0 amide bonds. The second kappa shape index (κ2) is 6.69. The van der Waals surface area contributed by atoms with Gasteiger partial charge in [0, 0.05) is 13.1 Å². The molecular formula is C5H11N9. The summed E-state index contributed by atoms with van der Waals surface area (Å²) in [6.07, 6.45) is 3.51. The van der Waals surface area contributed by atoms with E-state index >= 15 is 0 Å². The summed E-state index contributed by atoms with van der Waals surface area (Å²) in [5, 5.41) is 23.9. The molecule has 1 heterocycles. The van der Waals surface area contributed by atoms with Gasteiger partial charge in [-0.3, -0.25) is 5.01 Å². The predicted molar refractivity (Wildman–Crippen MR) is 45.1 cm³/mol. The van der Waals surface area contributed by atoms with Crippen LogP contribution in [0.25, 0.3) is 0 Å². The normalized spacial score (nSPS) is 18.7. The van der Waals surface area contributed by atoms with E-state index in [1.807, 2.05) is 5.01 Å². The molecule has 1 rings (SSSR count).